The molecule has 0 saturated heterocycles. The maximum Gasteiger partial charge on any atom is 0.292 e. The molecule has 0 saturated carbocycles. The van der Waals surface area contributed by atoms with Crippen molar-refractivity contribution in [1.29, 1.82) is 10.5 Å². The van der Waals surface area contributed by atoms with Crippen LogP contribution in [0, 0.1) is 50.7 Å². The molecule has 16 heavy (non-hydrogen) atoms. The van der Waals surface area contributed by atoms with Gasteiger partial charge in [-0.3, -0.25) is 0 Å². The zero-order valence-corrected chi connectivity index (χ0v) is 9.71. The lowest BCUT2D eigenvalue weighted by Gasteiger charge is -2.15. The zero-order chi connectivity index (χ0) is 12.3. The second-order valence-electron chi connectivity index (χ2n) is 3.54. The predicted octanol–water partition coefficient (Wildman–Crippen LogP) is 2.64. The first-order valence-corrected chi connectivity index (χ1v) is 4.76. The summed E-state index contributed by atoms with van der Waals surface area (Å²) >= 11 is 0. The third-order valence-corrected chi connectivity index (χ3v) is 2.87. The standard InChI is InChI=1S/C12H12N2O2/c1-7-8(2)10(4)12(16-6-14)11(9(7)3)15-5-13/h1-4H3. The molecule has 1 aromatic carbocycles. The molecule has 1 aromatic rings. The van der Waals surface area contributed by atoms with Crippen molar-refractivity contribution < 1.29 is 9.47 Å². The predicted molar refractivity (Wildman–Crippen MR) is 57.9 cm³/mol. The second kappa shape index (κ2) is 4.55. The van der Waals surface area contributed by atoms with Crippen molar-refractivity contribution in [2.24, 2.45) is 0 Å². The van der Waals surface area contributed by atoms with Crippen LogP contribution in [0.5, 0.6) is 11.5 Å². The zero-order valence-electron chi connectivity index (χ0n) is 9.71. The van der Waals surface area contributed by atoms with Crippen LogP contribution in [-0.4, -0.2) is 0 Å². The van der Waals surface area contributed by atoms with Gasteiger partial charge in [-0.2, -0.15) is 0 Å². The molecule has 0 aliphatic carbocycles. The van der Waals surface area contributed by atoms with Gasteiger partial charge < -0.3 is 9.47 Å². The van der Waals surface area contributed by atoms with E-state index in [9.17, 15) is 0 Å². The van der Waals surface area contributed by atoms with E-state index in [0.717, 1.165) is 22.3 Å². The molecule has 0 fully saturated rings. The summed E-state index contributed by atoms with van der Waals surface area (Å²) in [5, 5.41) is 17.2. The van der Waals surface area contributed by atoms with Gasteiger partial charge in [-0.15, -0.1) is 10.5 Å². The number of benzene rings is 1. The summed E-state index contributed by atoms with van der Waals surface area (Å²) in [6.07, 6.45) is 3.22. The summed E-state index contributed by atoms with van der Waals surface area (Å²) in [4.78, 5) is 0. The molecule has 82 valence electrons. The van der Waals surface area contributed by atoms with Crippen molar-refractivity contribution in [2.45, 2.75) is 27.7 Å². The van der Waals surface area contributed by atoms with E-state index in [1.807, 2.05) is 27.7 Å². The Hall–Kier alpha value is -2.20. The van der Waals surface area contributed by atoms with E-state index in [1.165, 1.54) is 0 Å². The number of rotatable bonds is 2. The molecule has 0 bridgehead atoms. The summed E-state index contributed by atoms with van der Waals surface area (Å²) < 4.78 is 9.73. The number of nitrogens with zero attached hydrogens (tertiary/aromatic N) is 2. The average Bonchev–Trinajstić information content (AvgIpc) is 2.28. The molecule has 1 rings (SSSR count). The van der Waals surface area contributed by atoms with E-state index in [-0.39, 0.29) is 0 Å². The van der Waals surface area contributed by atoms with Gasteiger partial charge in [0.1, 0.15) is 0 Å². The largest absolute Gasteiger partial charge is 0.384 e. The maximum atomic E-state index is 8.58. The lowest BCUT2D eigenvalue weighted by Crippen LogP contribution is -2.00. The van der Waals surface area contributed by atoms with Crippen LogP contribution in [0.2, 0.25) is 0 Å². The van der Waals surface area contributed by atoms with Gasteiger partial charge in [0.2, 0.25) is 0 Å². The van der Waals surface area contributed by atoms with Crippen molar-refractivity contribution >= 4 is 0 Å². The van der Waals surface area contributed by atoms with E-state index < -0.39 is 0 Å². The van der Waals surface area contributed by atoms with Crippen molar-refractivity contribution in [3.8, 4) is 24.0 Å². The molecule has 0 atom stereocenters. The molecule has 0 N–H and O–H groups in total. The van der Waals surface area contributed by atoms with Gasteiger partial charge in [0.05, 0.1) is 0 Å². The van der Waals surface area contributed by atoms with Gasteiger partial charge in [-0.05, 0) is 38.8 Å². The summed E-state index contributed by atoms with van der Waals surface area (Å²) in [5.41, 5.74) is 3.70. The number of nitriles is 2. The van der Waals surface area contributed by atoms with Gasteiger partial charge in [-0.25, -0.2) is 0 Å². The molecule has 0 aliphatic rings. The van der Waals surface area contributed by atoms with Gasteiger partial charge in [0.15, 0.2) is 11.5 Å². The third-order valence-electron chi connectivity index (χ3n) is 2.87. The minimum Gasteiger partial charge on any atom is -0.384 e. The molecule has 0 spiro atoms. The van der Waals surface area contributed by atoms with Gasteiger partial charge in [0, 0.05) is 11.1 Å². The molecule has 0 radical (unpaired) electrons. The number of hydrogen-bond donors (Lipinski definition) is 0. The molecule has 4 heteroatoms. The Balaban J connectivity index is 3.57. The Morgan fingerprint density at radius 3 is 1.25 bits per heavy atom. The van der Waals surface area contributed by atoms with Crippen LogP contribution < -0.4 is 9.47 Å². The smallest absolute Gasteiger partial charge is 0.292 e. The number of ether oxygens (including phenoxy) is 2. The molecule has 0 amide bonds. The van der Waals surface area contributed by atoms with E-state index in [4.69, 9.17) is 20.0 Å². The molecular formula is C12H12N2O2. The monoisotopic (exact) mass is 216 g/mol. The summed E-state index contributed by atoms with van der Waals surface area (Å²) in [7, 11) is 0. The fourth-order valence-corrected chi connectivity index (χ4v) is 1.58. The first-order chi connectivity index (χ1) is 7.54. The second-order valence-corrected chi connectivity index (χ2v) is 3.54. The third kappa shape index (κ3) is 1.78. The van der Waals surface area contributed by atoms with Gasteiger partial charge >= 0.3 is 0 Å². The van der Waals surface area contributed by atoms with E-state index in [1.54, 1.807) is 12.5 Å². The highest BCUT2D eigenvalue weighted by Gasteiger charge is 2.18. The Kier molecular flexibility index (Phi) is 3.37. The summed E-state index contributed by atoms with van der Waals surface area (Å²) in [5.74, 6) is 0.648. The van der Waals surface area contributed by atoms with Gasteiger partial charge in [0.25, 0.3) is 12.5 Å². The van der Waals surface area contributed by atoms with Crippen molar-refractivity contribution in [3.63, 3.8) is 0 Å². The lowest BCUT2D eigenvalue weighted by atomic mass is 9.97. The van der Waals surface area contributed by atoms with Crippen molar-refractivity contribution in [1.82, 2.24) is 0 Å². The lowest BCUT2D eigenvalue weighted by molar-refractivity contribution is 0.435. The molecule has 0 unspecified atom stereocenters. The topological polar surface area (TPSA) is 66.0 Å². The molecule has 4 nitrogen and oxygen atoms in total. The van der Waals surface area contributed by atoms with E-state index in [0.29, 0.717) is 11.5 Å². The minimum absolute atomic E-state index is 0.324. The molecule has 0 heterocycles. The normalized spacial score (nSPS) is 9.12. The Morgan fingerprint density at radius 1 is 0.688 bits per heavy atom. The Bertz CT molecular complexity index is 460. The Morgan fingerprint density at radius 2 is 1.00 bits per heavy atom. The first kappa shape index (κ1) is 11.9. The first-order valence-electron chi connectivity index (χ1n) is 4.76. The fraction of sp³-hybridized carbons (Fsp3) is 0.333. The van der Waals surface area contributed by atoms with Crippen LogP contribution in [0.1, 0.15) is 22.3 Å². The highest BCUT2D eigenvalue weighted by molar-refractivity contribution is 5.59. The Labute approximate surface area is 94.6 Å². The van der Waals surface area contributed by atoms with Crippen LogP contribution >= 0.6 is 0 Å². The molecular weight excluding hydrogens is 204 g/mol. The van der Waals surface area contributed by atoms with Crippen LogP contribution in [0.15, 0.2) is 0 Å². The highest BCUT2D eigenvalue weighted by Crippen LogP contribution is 2.38. The van der Waals surface area contributed by atoms with Gasteiger partial charge in [-0.1, -0.05) is 0 Å². The van der Waals surface area contributed by atoms with E-state index >= 15 is 0 Å². The van der Waals surface area contributed by atoms with Crippen LogP contribution in [-0.2, 0) is 0 Å². The average molecular weight is 216 g/mol. The van der Waals surface area contributed by atoms with Crippen molar-refractivity contribution in [3.05, 3.63) is 22.3 Å². The minimum atomic E-state index is 0.324. The van der Waals surface area contributed by atoms with Crippen LogP contribution in [0.25, 0.3) is 0 Å². The molecule has 0 aromatic heterocycles. The number of hydrogen-bond acceptors (Lipinski definition) is 4. The summed E-state index contributed by atoms with van der Waals surface area (Å²) in [6, 6.07) is 0. The quantitative estimate of drug-likeness (QED) is 0.713. The highest BCUT2D eigenvalue weighted by atomic mass is 16.5. The van der Waals surface area contributed by atoms with Crippen molar-refractivity contribution in [2.75, 3.05) is 0 Å². The SMILES string of the molecule is Cc1c(C)c(C)c(OC#N)c(OC#N)c1C. The van der Waals surface area contributed by atoms with E-state index in [2.05, 4.69) is 0 Å². The van der Waals surface area contributed by atoms with Crippen LogP contribution in [0.4, 0.5) is 0 Å². The maximum absolute atomic E-state index is 8.58. The fourth-order valence-electron chi connectivity index (χ4n) is 1.58. The molecule has 0 aliphatic heterocycles. The van der Waals surface area contributed by atoms with Crippen LogP contribution in [0.3, 0.4) is 0 Å². The summed E-state index contributed by atoms with van der Waals surface area (Å²) in [6.45, 7) is 7.55.